The molecule has 1 unspecified atom stereocenters. The van der Waals surface area contributed by atoms with Crippen molar-refractivity contribution in [3.8, 4) is 11.5 Å². The van der Waals surface area contributed by atoms with Crippen LogP contribution >= 0.6 is 15.9 Å². The first kappa shape index (κ1) is 14.2. The summed E-state index contributed by atoms with van der Waals surface area (Å²) in [4.78, 5) is 23.2. The second kappa shape index (κ2) is 5.90. The van der Waals surface area contributed by atoms with Crippen molar-refractivity contribution in [1.29, 1.82) is 0 Å². The molecule has 8 heteroatoms. The number of ether oxygens (including phenoxy) is 2. The molecule has 0 bridgehead atoms. The van der Waals surface area contributed by atoms with Gasteiger partial charge in [0.15, 0.2) is 11.5 Å². The van der Waals surface area contributed by atoms with Crippen LogP contribution in [0, 0.1) is 0 Å². The predicted molar refractivity (Wildman–Crippen MR) is 78.6 cm³/mol. The van der Waals surface area contributed by atoms with Crippen molar-refractivity contribution in [3.63, 3.8) is 0 Å². The molecule has 1 aromatic rings. The number of halogens is 1. The minimum absolute atomic E-state index is 0.112. The Morgan fingerprint density at radius 1 is 1.29 bits per heavy atom. The van der Waals surface area contributed by atoms with Gasteiger partial charge in [0, 0.05) is 23.2 Å². The highest BCUT2D eigenvalue weighted by molar-refractivity contribution is 9.10. The van der Waals surface area contributed by atoms with E-state index < -0.39 is 6.04 Å². The molecule has 1 atom stereocenters. The predicted octanol–water partition coefficient (Wildman–Crippen LogP) is 0.247. The van der Waals surface area contributed by atoms with Crippen LogP contribution in [0.5, 0.6) is 11.5 Å². The summed E-state index contributed by atoms with van der Waals surface area (Å²) in [7, 11) is 0. The molecule has 2 amide bonds. The molecule has 3 rings (SSSR count). The van der Waals surface area contributed by atoms with Gasteiger partial charge in [-0.3, -0.25) is 14.9 Å². The number of fused-ring (bicyclic) bond motifs is 1. The van der Waals surface area contributed by atoms with Crippen molar-refractivity contribution in [2.45, 2.75) is 6.04 Å². The maximum Gasteiger partial charge on any atom is 0.243 e. The average molecular weight is 356 g/mol. The molecule has 21 heavy (non-hydrogen) atoms. The monoisotopic (exact) mass is 355 g/mol. The van der Waals surface area contributed by atoms with Gasteiger partial charge < -0.3 is 20.1 Å². The molecule has 0 saturated carbocycles. The Morgan fingerprint density at radius 2 is 2.00 bits per heavy atom. The molecule has 7 nitrogen and oxygen atoms in total. The maximum atomic E-state index is 12.2. The van der Waals surface area contributed by atoms with E-state index in [1.165, 1.54) is 0 Å². The van der Waals surface area contributed by atoms with Gasteiger partial charge in [0.1, 0.15) is 19.3 Å². The van der Waals surface area contributed by atoms with Crippen molar-refractivity contribution >= 4 is 33.4 Å². The Labute approximate surface area is 129 Å². The van der Waals surface area contributed by atoms with E-state index in [2.05, 4.69) is 31.9 Å². The van der Waals surface area contributed by atoms with Crippen LogP contribution in [0.1, 0.15) is 0 Å². The summed E-state index contributed by atoms with van der Waals surface area (Å²) in [5.74, 6) is 0.922. The third kappa shape index (κ3) is 3.11. The molecule has 1 saturated heterocycles. The van der Waals surface area contributed by atoms with Gasteiger partial charge in [-0.15, -0.1) is 0 Å². The van der Waals surface area contributed by atoms with Gasteiger partial charge in [-0.1, -0.05) is 0 Å². The van der Waals surface area contributed by atoms with E-state index in [-0.39, 0.29) is 24.9 Å². The fraction of sp³-hybridized carbons (Fsp3) is 0.385. The van der Waals surface area contributed by atoms with Gasteiger partial charge in [-0.05, 0) is 15.9 Å². The highest BCUT2D eigenvalue weighted by Crippen LogP contribution is 2.38. The SMILES string of the molecule is O=C1CNC(C(=O)Nc2cc3c(cc2Br)OCCO3)CN1. The van der Waals surface area contributed by atoms with E-state index in [1.54, 1.807) is 12.1 Å². The van der Waals surface area contributed by atoms with Crippen molar-refractivity contribution in [3.05, 3.63) is 16.6 Å². The summed E-state index contributed by atoms with van der Waals surface area (Å²) in [6, 6.07) is 3.03. The number of carbonyl (C=O) groups is 2. The summed E-state index contributed by atoms with van der Waals surface area (Å²) in [6.45, 7) is 1.41. The zero-order chi connectivity index (χ0) is 14.8. The van der Waals surface area contributed by atoms with Gasteiger partial charge in [-0.2, -0.15) is 0 Å². The molecule has 0 aromatic heterocycles. The second-order valence-electron chi connectivity index (χ2n) is 4.70. The standard InChI is InChI=1S/C13H14BrN3O4/c14-7-3-10-11(21-2-1-20-10)4-8(7)17-13(19)9-5-16-12(18)6-15-9/h3-4,9,15H,1-2,5-6H2,(H,16,18)(H,17,19). The summed E-state index contributed by atoms with van der Waals surface area (Å²) in [5, 5.41) is 8.33. The number of hydrogen-bond donors (Lipinski definition) is 3. The Balaban J connectivity index is 1.72. The molecule has 2 aliphatic heterocycles. The van der Waals surface area contributed by atoms with Gasteiger partial charge >= 0.3 is 0 Å². The van der Waals surface area contributed by atoms with Gasteiger partial charge in [0.25, 0.3) is 0 Å². The van der Waals surface area contributed by atoms with E-state index in [9.17, 15) is 9.59 Å². The van der Waals surface area contributed by atoms with Crippen LogP contribution in [0.2, 0.25) is 0 Å². The number of benzene rings is 1. The highest BCUT2D eigenvalue weighted by Gasteiger charge is 2.25. The second-order valence-corrected chi connectivity index (χ2v) is 5.56. The zero-order valence-corrected chi connectivity index (χ0v) is 12.7. The lowest BCUT2D eigenvalue weighted by Crippen LogP contribution is -2.56. The average Bonchev–Trinajstić information content (AvgIpc) is 2.48. The van der Waals surface area contributed by atoms with Crippen molar-refractivity contribution in [2.24, 2.45) is 0 Å². The van der Waals surface area contributed by atoms with Gasteiger partial charge in [-0.25, -0.2) is 0 Å². The van der Waals surface area contributed by atoms with Crippen LogP contribution < -0.4 is 25.4 Å². The molecule has 0 aliphatic carbocycles. The molecule has 112 valence electrons. The van der Waals surface area contributed by atoms with Crippen molar-refractivity contribution < 1.29 is 19.1 Å². The van der Waals surface area contributed by atoms with Crippen LogP contribution in [-0.2, 0) is 9.59 Å². The third-order valence-corrected chi connectivity index (χ3v) is 3.87. The maximum absolute atomic E-state index is 12.2. The highest BCUT2D eigenvalue weighted by atomic mass is 79.9. The number of amides is 2. The molecular weight excluding hydrogens is 342 g/mol. The lowest BCUT2D eigenvalue weighted by molar-refractivity contribution is -0.124. The number of carbonyl (C=O) groups excluding carboxylic acids is 2. The van der Waals surface area contributed by atoms with E-state index in [0.717, 1.165) is 0 Å². The summed E-state index contributed by atoms with van der Waals surface area (Å²) in [6.07, 6.45) is 0. The van der Waals surface area contributed by atoms with E-state index in [0.29, 0.717) is 34.9 Å². The molecule has 0 radical (unpaired) electrons. The molecule has 0 spiro atoms. The molecule has 2 aliphatic rings. The van der Waals surface area contributed by atoms with E-state index in [1.807, 2.05) is 0 Å². The van der Waals surface area contributed by atoms with Crippen LogP contribution in [0.25, 0.3) is 0 Å². The fourth-order valence-corrected chi connectivity index (χ4v) is 2.55. The topological polar surface area (TPSA) is 88.7 Å². The van der Waals surface area contributed by atoms with E-state index >= 15 is 0 Å². The number of piperazine rings is 1. The smallest absolute Gasteiger partial charge is 0.243 e. The normalized spacial score (nSPS) is 20.6. The fourth-order valence-electron chi connectivity index (χ4n) is 2.13. The van der Waals surface area contributed by atoms with Crippen LogP contribution in [0.4, 0.5) is 5.69 Å². The first-order chi connectivity index (χ1) is 10.1. The molecule has 1 fully saturated rings. The largest absolute Gasteiger partial charge is 0.486 e. The Hall–Kier alpha value is -1.80. The lowest BCUT2D eigenvalue weighted by Gasteiger charge is -2.24. The van der Waals surface area contributed by atoms with Gasteiger partial charge in [0.2, 0.25) is 11.8 Å². The third-order valence-electron chi connectivity index (χ3n) is 3.22. The number of rotatable bonds is 2. The van der Waals surface area contributed by atoms with Crippen molar-refractivity contribution in [1.82, 2.24) is 10.6 Å². The first-order valence-electron chi connectivity index (χ1n) is 6.53. The molecule has 3 N–H and O–H groups in total. The molecule has 1 aromatic carbocycles. The summed E-state index contributed by atoms with van der Waals surface area (Å²) in [5.41, 5.74) is 0.600. The van der Waals surface area contributed by atoms with Crippen LogP contribution in [0.3, 0.4) is 0 Å². The zero-order valence-electron chi connectivity index (χ0n) is 11.1. The van der Waals surface area contributed by atoms with Gasteiger partial charge in [0.05, 0.1) is 12.2 Å². The van der Waals surface area contributed by atoms with E-state index in [4.69, 9.17) is 9.47 Å². The minimum Gasteiger partial charge on any atom is -0.486 e. The van der Waals surface area contributed by atoms with Crippen LogP contribution in [0.15, 0.2) is 16.6 Å². The number of anilines is 1. The van der Waals surface area contributed by atoms with Crippen LogP contribution in [-0.4, -0.2) is 44.2 Å². The molecular formula is C13H14BrN3O4. The summed E-state index contributed by atoms with van der Waals surface area (Å²) < 4.78 is 11.7. The lowest BCUT2D eigenvalue weighted by atomic mass is 10.2. The number of hydrogen-bond acceptors (Lipinski definition) is 5. The minimum atomic E-state index is -0.456. The Kier molecular flexibility index (Phi) is 3.98. The summed E-state index contributed by atoms with van der Waals surface area (Å²) >= 11 is 3.40. The Morgan fingerprint density at radius 3 is 2.67 bits per heavy atom. The number of nitrogens with one attached hydrogen (secondary N) is 3. The molecule has 2 heterocycles. The first-order valence-corrected chi connectivity index (χ1v) is 7.33. The quantitative estimate of drug-likeness (QED) is 0.707. The van der Waals surface area contributed by atoms with Crippen molar-refractivity contribution in [2.75, 3.05) is 31.6 Å². The Bertz CT molecular complexity index is 583.